The molecule has 0 atom stereocenters. The maximum atomic E-state index is 14.2. The van der Waals surface area contributed by atoms with Gasteiger partial charge in [-0.1, -0.05) is 24.1 Å². The Balaban J connectivity index is 1.43. The third kappa shape index (κ3) is 3.62. The largest absolute Gasteiger partial charge is 0.338 e. The minimum atomic E-state index is -0.547. The van der Waals surface area contributed by atoms with Gasteiger partial charge in [0.2, 0.25) is 0 Å². The molecule has 2 aromatic rings. The van der Waals surface area contributed by atoms with Crippen LogP contribution in [-0.4, -0.2) is 33.4 Å². The summed E-state index contributed by atoms with van der Waals surface area (Å²) in [6.07, 6.45) is 9.62. The molecule has 1 aliphatic carbocycles. The fourth-order valence-electron chi connectivity index (χ4n) is 4.14. The Kier molecular flexibility index (Phi) is 5.22. The van der Waals surface area contributed by atoms with Crippen LogP contribution in [0.4, 0.5) is 4.39 Å². The van der Waals surface area contributed by atoms with Gasteiger partial charge in [0.25, 0.3) is 5.91 Å². The van der Waals surface area contributed by atoms with Gasteiger partial charge in [-0.05, 0) is 50.2 Å². The number of amides is 1. The van der Waals surface area contributed by atoms with Crippen molar-refractivity contribution >= 4 is 17.5 Å². The Morgan fingerprint density at radius 3 is 2.67 bits per heavy atom. The summed E-state index contributed by atoms with van der Waals surface area (Å²) in [7, 11) is 0. The second-order valence-electron chi connectivity index (χ2n) is 7.85. The van der Waals surface area contributed by atoms with Gasteiger partial charge in [0, 0.05) is 37.9 Å². The number of hydrogen-bond acceptors (Lipinski definition) is 2. The monoisotopic (exact) mass is 389 g/mol. The van der Waals surface area contributed by atoms with Crippen molar-refractivity contribution in [3.8, 4) is 0 Å². The molecular weight excluding hydrogens is 365 g/mol. The van der Waals surface area contributed by atoms with Gasteiger partial charge < -0.3 is 9.47 Å². The molecule has 6 heteroatoms. The van der Waals surface area contributed by atoms with E-state index in [9.17, 15) is 9.18 Å². The second-order valence-corrected chi connectivity index (χ2v) is 8.23. The predicted octanol–water partition coefficient (Wildman–Crippen LogP) is 4.80. The molecule has 2 heterocycles. The van der Waals surface area contributed by atoms with E-state index < -0.39 is 5.82 Å². The van der Waals surface area contributed by atoms with Crippen LogP contribution in [0.1, 0.15) is 59.8 Å². The molecule has 2 aliphatic rings. The van der Waals surface area contributed by atoms with Crippen LogP contribution in [0.15, 0.2) is 24.5 Å². The number of aromatic nitrogens is 2. The fraction of sp³-hybridized carbons (Fsp3) is 0.524. The van der Waals surface area contributed by atoms with Crippen molar-refractivity contribution < 1.29 is 9.18 Å². The first-order chi connectivity index (χ1) is 13.0. The highest BCUT2D eigenvalue weighted by Gasteiger charge is 2.30. The minimum absolute atomic E-state index is 0.00148. The van der Waals surface area contributed by atoms with E-state index in [2.05, 4.69) is 15.7 Å². The van der Waals surface area contributed by atoms with E-state index in [4.69, 9.17) is 11.6 Å². The number of carbonyl (C=O) groups excluding carboxylic acids is 1. The molecule has 0 unspecified atom stereocenters. The molecule has 27 heavy (non-hydrogen) atoms. The van der Waals surface area contributed by atoms with Crippen LogP contribution in [0.5, 0.6) is 0 Å². The lowest BCUT2D eigenvalue weighted by Gasteiger charge is -2.33. The number of carbonyl (C=O) groups is 1. The van der Waals surface area contributed by atoms with Gasteiger partial charge in [0.15, 0.2) is 0 Å². The molecule has 1 aromatic carbocycles. The second kappa shape index (κ2) is 7.63. The van der Waals surface area contributed by atoms with Gasteiger partial charge in [0.1, 0.15) is 11.6 Å². The number of benzene rings is 1. The van der Waals surface area contributed by atoms with Crippen LogP contribution >= 0.6 is 11.6 Å². The molecule has 0 N–H and O–H groups in total. The van der Waals surface area contributed by atoms with Gasteiger partial charge in [-0.15, -0.1) is 0 Å². The van der Waals surface area contributed by atoms with E-state index in [1.54, 1.807) is 17.9 Å². The number of likely N-dealkylation sites (tertiary alicyclic amines) is 1. The van der Waals surface area contributed by atoms with Gasteiger partial charge in [0.05, 0.1) is 10.6 Å². The third-order valence-corrected chi connectivity index (χ3v) is 6.56. The van der Waals surface area contributed by atoms with Crippen LogP contribution < -0.4 is 0 Å². The summed E-state index contributed by atoms with van der Waals surface area (Å²) in [5.41, 5.74) is 0.718. The molecule has 0 spiro atoms. The average Bonchev–Trinajstić information content (AvgIpc) is 3.10. The van der Waals surface area contributed by atoms with E-state index in [1.165, 1.54) is 25.3 Å². The van der Waals surface area contributed by atoms with E-state index in [0.29, 0.717) is 24.6 Å². The first-order valence-corrected chi connectivity index (χ1v) is 10.2. The molecule has 4 rings (SSSR count). The summed E-state index contributed by atoms with van der Waals surface area (Å²) in [6, 6.07) is 2.92. The highest BCUT2D eigenvalue weighted by atomic mass is 35.5. The number of rotatable bonds is 4. The molecule has 0 radical (unpaired) electrons. The first kappa shape index (κ1) is 18.5. The van der Waals surface area contributed by atoms with Crippen molar-refractivity contribution in [1.82, 2.24) is 14.5 Å². The zero-order valence-electron chi connectivity index (χ0n) is 15.6. The molecule has 4 nitrogen and oxygen atoms in total. The fourth-order valence-corrected chi connectivity index (χ4v) is 4.37. The lowest BCUT2D eigenvalue weighted by atomic mass is 9.85. The lowest BCUT2D eigenvalue weighted by Crippen LogP contribution is -2.39. The number of piperidine rings is 1. The summed E-state index contributed by atoms with van der Waals surface area (Å²) in [5, 5.41) is 0.221. The van der Waals surface area contributed by atoms with Crippen LogP contribution in [0.25, 0.3) is 0 Å². The molecule has 2 fully saturated rings. The van der Waals surface area contributed by atoms with Crippen LogP contribution in [0.3, 0.4) is 0 Å². The summed E-state index contributed by atoms with van der Waals surface area (Å²) < 4.78 is 16.5. The number of hydrogen-bond donors (Lipinski definition) is 0. The van der Waals surface area contributed by atoms with Crippen molar-refractivity contribution in [1.29, 1.82) is 0 Å². The summed E-state index contributed by atoms with van der Waals surface area (Å²) in [6.45, 7) is 4.04. The van der Waals surface area contributed by atoms with Crippen molar-refractivity contribution in [2.75, 3.05) is 13.1 Å². The van der Waals surface area contributed by atoms with Crippen molar-refractivity contribution in [2.24, 2.45) is 5.92 Å². The van der Waals surface area contributed by atoms with E-state index in [1.807, 2.05) is 6.20 Å². The normalized spacial score (nSPS) is 18.6. The molecule has 1 aliphatic heterocycles. The van der Waals surface area contributed by atoms with E-state index >= 15 is 0 Å². The third-order valence-electron chi connectivity index (χ3n) is 6.07. The summed E-state index contributed by atoms with van der Waals surface area (Å²) in [4.78, 5) is 19.1. The number of halogens is 2. The van der Waals surface area contributed by atoms with E-state index in [-0.39, 0.29) is 16.5 Å². The highest BCUT2D eigenvalue weighted by Crippen LogP contribution is 2.33. The maximum absolute atomic E-state index is 14.2. The Bertz CT molecular complexity index is 838. The van der Waals surface area contributed by atoms with Crippen LogP contribution in [-0.2, 0) is 6.54 Å². The quantitative estimate of drug-likeness (QED) is 0.753. The van der Waals surface area contributed by atoms with Crippen molar-refractivity contribution in [3.05, 3.63) is 52.3 Å². The van der Waals surface area contributed by atoms with Gasteiger partial charge in [-0.3, -0.25) is 4.79 Å². The molecule has 1 saturated heterocycles. The Labute approximate surface area is 164 Å². The minimum Gasteiger partial charge on any atom is -0.338 e. The summed E-state index contributed by atoms with van der Waals surface area (Å²) in [5.74, 6) is 1.41. The molecule has 1 amide bonds. The number of aryl methyl sites for hydroxylation is 1. The van der Waals surface area contributed by atoms with Gasteiger partial charge in [-0.2, -0.15) is 0 Å². The molecule has 0 bridgehead atoms. The molecule has 1 saturated carbocycles. The standard InChI is InChI=1S/C21H25ClFN3O/c1-14-5-6-17(23)18(19(14)22)21(27)25-10-7-16(8-11-25)20-24-9-12-26(20)13-15-3-2-4-15/h5-6,9,12,15-16H,2-4,7-8,10-11,13H2,1H3. The molecule has 1 aromatic heterocycles. The Morgan fingerprint density at radius 1 is 1.26 bits per heavy atom. The molecule has 144 valence electrons. The van der Waals surface area contributed by atoms with Gasteiger partial charge in [-0.25, -0.2) is 9.37 Å². The zero-order chi connectivity index (χ0) is 19.0. The zero-order valence-corrected chi connectivity index (χ0v) is 16.4. The Hall–Kier alpha value is -1.88. The number of nitrogens with zero attached hydrogens (tertiary/aromatic N) is 3. The topological polar surface area (TPSA) is 38.1 Å². The highest BCUT2D eigenvalue weighted by molar-refractivity contribution is 6.34. The van der Waals surface area contributed by atoms with Crippen molar-refractivity contribution in [2.45, 2.75) is 51.5 Å². The van der Waals surface area contributed by atoms with Crippen LogP contribution in [0.2, 0.25) is 5.02 Å². The maximum Gasteiger partial charge on any atom is 0.258 e. The average molecular weight is 390 g/mol. The molecular formula is C21H25ClFN3O. The predicted molar refractivity (Wildman–Crippen MR) is 104 cm³/mol. The van der Waals surface area contributed by atoms with Crippen LogP contribution in [0, 0.1) is 18.7 Å². The first-order valence-electron chi connectivity index (χ1n) is 9.79. The smallest absolute Gasteiger partial charge is 0.258 e. The number of imidazole rings is 1. The van der Waals surface area contributed by atoms with E-state index in [0.717, 1.165) is 31.1 Å². The SMILES string of the molecule is Cc1ccc(F)c(C(=O)N2CCC(c3nccn3CC3CCC3)CC2)c1Cl. The van der Waals surface area contributed by atoms with Crippen molar-refractivity contribution in [3.63, 3.8) is 0 Å². The Morgan fingerprint density at radius 2 is 2.00 bits per heavy atom. The van der Waals surface area contributed by atoms with Gasteiger partial charge >= 0.3 is 0 Å². The summed E-state index contributed by atoms with van der Waals surface area (Å²) >= 11 is 6.21. The lowest BCUT2D eigenvalue weighted by molar-refractivity contribution is 0.0705.